The van der Waals surface area contributed by atoms with E-state index in [1.54, 1.807) is 43.6 Å². The second-order valence-corrected chi connectivity index (χ2v) is 8.44. The van der Waals surface area contributed by atoms with Crippen molar-refractivity contribution in [3.8, 4) is 0 Å². The highest BCUT2D eigenvalue weighted by Gasteiger charge is 2.47. The number of halogens is 2. The number of thioether (sulfide) groups is 1. The van der Waals surface area contributed by atoms with E-state index in [0.717, 1.165) is 12.5 Å². The van der Waals surface area contributed by atoms with Crippen LogP contribution in [0.4, 0.5) is 8.78 Å². The van der Waals surface area contributed by atoms with E-state index in [1.165, 1.54) is 30.1 Å². The molecule has 2 atom stereocenters. The highest BCUT2D eigenvalue weighted by molar-refractivity contribution is 8.13. The van der Waals surface area contributed by atoms with Crippen LogP contribution in [0.15, 0.2) is 70.8 Å². The maximum Gasteiger partial charge on any atom is 0.257 e. The number of nitrogens with zero attached hydrogens (tertiary/aromatic N) is 2. The number of ether oxygens (including phenoxy) is 1. The number of amidine groups is 1. The van der Waals surface area contributed by atoms with Crippen molar-refractivity contribution < 1.29 is 18.3 Å². The Morgan fingerprint density at radius 2 is 2.00 bits per heavy atom. The predicted molar refractivity (Wildman–Crippen MR) is 140 cm³/mol. The van der Waals surface area contributed by atoms with E-state index < -0.39 is 17.2 Å². The number of carbonyl (C=O) groups excluding carboxylic acids is 1. The predicted octanol–water partition coefficient (Wildman–Crippen LogP) is 4.92. The van der Waals surface area contributed by atoms with Gasteiger partial charge in [0.1, 0.15) is 17.2 Å². The molecule has 0 spiro atoms. The molecule has 2 aliphatic rings. The number of rotatable bonds is 3. The fourth-order valence-corrected chi connectivity index (χ4v) is 4.90. The molecule has 35 heavy (non-hydrogen) atoms. The van der Waals surface area contributed by atoms with E-state index in [1.807, 2.05) is 19.9 Å². The van der Waals surface area contributed by atoms with Gasteiger partial charge in [-0.3, -0.25) is 9.79 Å². The number of amides is 1. The lowest BCUT2D eigenvalue weighted by atomic mass is 9.76. The van der Waals surface area contributed by atoms with Gasteiger partial charge in [0.2, 0.25) is 0 Å². The van der Waals surface area contributed by atoms with Crippen molar-refractivity contribution in [2.24, 2.45) is 21.6 Å². The molecule has 0 aromatic heterocycles. The smallest absolute Gasteiger partial charge is 0.257 e. The van der Waals surface area contributed by atoms with Crippen molar-refractivity contribution in [1.82, 2.24) is 5.32 Å². The van der Waals surface area contributed by atoms with Crippen LogP contribution in [0.1, 0.15) is 36.2 Å². The van der Waals surface area contributed by atoms with Crippen LogP contribution in [0, 0.1) is 17.6 Å². The van der Waals surface area contributed by atoms with Crippen LogP contribution < -0.4 is 11.1 Å². The number of fused-ring (bicyclic) bond motifs is 1. The van der Waals surface area contributed by atoms with Crippen molar-refractivity contribution >= 4 is 29.1 Å². The van der Waals surface area contributed by atoms with E-state index in [2.05, 4.69) is 10.3 Å². The summed E-state index contributed by atoms with van der Waals surface area (Å²) in [5.74, 6) is -0.823. The average Bonchev–Trinajstić information content (AvgIpc) is 2.89. The Morgan fingerprint density at radius 1 is 1.26 bits per heavy atom. The normalized spacial score (nSPS) is 21.2. The molecule has 188 valence electrons. The standard InChI is InChI=1S/C20H18F2N2O2S.C4H8N2.C2H6/c21-15-6-7-16(17(22)10-15)20-12-26-9-8-14(20)11-27-19(24-20)23-18(25)13-4-2-1-3-5-13;1-6-4-2-3-5;1-2/h1-7,10,14H,8-9,11-12H2,(H,23,24,25);2-4H,5H2,1H3;1-2H3/b;3-2-,6-4?;. The van der Waals surface area contributed by atoms with Crippen LogP contribution in [0.5, 0.6) is 0 Å². The lowest BCUT2D eigenvalue weighted by Crippen LogP contribution is -2.49. The van der Waals surface area contributed by atoms with Gasteiger partial charge in [0.05, 0.1) is 6.61 Å². The molecule has 2 unspecified atom stereocenters. The molecule has 1 saturated heterocycles. The number of allylic oxidation sites excluding steroid dienone is 1. The van der Waals surface area contributed by atoms with Crippen LogP contribution in [0.25, 0.3) is 0 Å². The lowest BCUT2D eigenvalue weighted by molar-refractivity contribution is 0.00285. The van der Waals surface area contributed by atoms with E-state index in [9.17, 15) is 13.6 Å². The number of aliphatic imine (C=N–C) groups is 2. The molecule has 2 aromatic rings. The minimum Gasteiger partial charge on any atom is -0.405 e. The number of hydrogen-bond acceptors (Lipinski definition) is 6. The topological polar surface area (TPSA) is 89.1 Å². The Hall–Kier alpha value is -3.04. The summed E-state index contributed by atoms with van der Waals surface area (Å²) in [6.07, 6.45) is 5.46. The van der Waals surface area contributed by atoms with Gasteiger partial charge in [-0.1, -0.05) is 49.9 Å². The summed E-state index contributed by atoms with van der Waals surface area (Å²) in [5.41, 5.74) is 4.81. The summed E-state index contributed by atoms with van der Waals surface area (Å²) in [4.78, 5) is 20.8. The Balaban J connectivity index is 0.000000474. The van der Waals surface area contributed by atoms with Gasteiger partial charge in [0.15, 0.2) is 5.17 Å². The summed E-state index contributed by atoms with van der Waals surface area (Å²) < 4.78 is 33.6. The summed E-state index contributed by atoms with van der Waals surface area (Å²) >= 11 is 1.44. The molecule has 4 rings (SSSR count). The molecule has 6 nitrogen and oxygen atoms in total. The van der Waals surface area contributed by atoms with E-state index in [-0.39, 0.29) is 18.4 Å². The third kappa shape index (κ3) is 7.47. The zero-order chi connectivity index (χ0) is 25.7. The first-order chi connectivity index (χ1) is 17.0. The summed E-state index contributed by atoms with van der Waals surface area (Å²) in [5, 5.41) is 3.24. The lowest BCUT2D eigenvalue weighted by Gasteiger charge is -2.44. The number of hydrogen-bond donors (Lipinski definition) is 2. The second kappa shape index (κ2) is 14.4. The first-order valence-electron chi connectivity index (χ1n) is 11.4. The van der Waals surface area contributed by atoms with Gasteiger partial charge in [0, 0.05) is 48.7 Å². The molecule has 0 saturated carbocycles. The van der Waals surface area contributed by atoms with Crippen molar-refractivity contribution in [2.45, 2.75) is 25.8 Å². The van der Waals surface area contributed by atoms with Crippen molar-refractivity contribution in [1.29, 1.82) is 0 Å². The number of benzene rings is 2. The fraction of sp³-hybridized carbons (Fsp3) is 0.346. The summed E-state index contributed by atoms with van der Waals surface area (Å²) in [6, 6.07) is 12.4. The SMILES string of the molecule is CC.CN=C/C=C\N.O=C(NC1=NC2(c3ccc(F)cc3F)COCCC2CS1)c1ccccc1. The monoisotopic (exact) mass is 502 g/mol. The molecule has 0 aliphatic carbocycles. The van der Waals surface area contributed by atoms with Gasteiger partial charge >= 0.3 is 0 Å². The van der Waals surface area contributed by atoms with Crippen molar-refractivity contribution in [3.63, 3.8) is 0 Å². The molecule has 3 N–H and O–H groups in total. The van der Waals surface area contributed by atoms with Gasteiger partial charge in [-0.25, -0.2) is 13.8 Å². The Kier molecular flexibility index (Phi) is 11.6. The largest absolute Gasteiger partial charge is 0.405 e. The molecule has 2 heterocycles. The minimum atomic E-state index is -0.958. The van der Waals surface area contributed by atoms with Gasteiger partial charge < -0.3 is 15.8 Å². The zero-order valence-corrected chi connectivity index (χ0v) is 21.0. The molecule has 0 radical (unpaired) electrons. The van der Waals surface area contributed by atoms with Crippen LogP contribution in [-0.2, 0) is 10.3 Å². The van der Waals surface area contributed by atoms with E-state index in [0.29, 0.717) is 28.7 Å². The first-order valence-corrected chi connectivity index (χ1v) is 12.4. The Morgan fingerprint density at radius 3 is 2.63 bits per heavy atom. The minimum absolute atomic E-state index is 0.0496. The average molecular weight is 503 g/mol. The molecule has 0 bridgehead atoms. The summed E-state index contributed by atoms with van der Waals surface area (Å²) in [6.45, 7) is 4.78. The molecular formula is C26H32F2N4O2S. The first kappa shape index (κ1) is 28.2. The van der Waals surface area contributed by atoms with Gasteiger partial charge in [0.25, 0.3) is 5.91 Å². The second-order valence-electron chi connectivity index (χ2n) is 7.43. The highest BCUT2D eigenvalue weighted by Crippen LogP contribution is 2.45. The molecular weight excluding hydrogens is 470 g/mol. The zero-order valence-electron chi connectivity index (χ0n) is 20.2. The van der Waals surface area contributed by atoms with Gasteiger partial charge in [-0.2, -0.15) is 0 Å². The van der Waals surface area contributed by atoms with E-state index >= 15 is 0 Å². The Bertz CT molecular complexity index is 1040. The van der Waals surface area contributed by atoms with Crippen molar-refractivity contribution in [3.05, 3.63) is 83.6 Å². The van der Waals surface area contributed by atoms with Crippen molar-refractivity contribution in [2.75, 3.05) is 26.0 Å². The quantitative estimate of drug-likeness (QED) is 0.584. The van der Waals surface area contributed by atoms with Crippen LogP contribution >= 0.6 is 11.8 Å². The number of nitrogens with one attached hydrogen (secondary N) is 1. The summed E-state index contributed by atoms with van der Waals surface area (Å²) in [7, 11) is 1.69. The number of nitrogens with two attached hydrogens (primary N) is 1. The van der Waals surface area contributed by atoms with Gasteiger partial charge in [-0.05, 0) is 36.9 Å². The maximum absolute atomic E-state index is 14.6. The van der Waals surface area contributed by atoms with E-state index in [4.69, 9.17) is 15.5 Å². The Labute approximate surface area is 209 Å². The third-order valence-corrected chi connectivity index (χ3v) is 6.37. The molecule has 1 amide bonds. The van der Waals surface area contributed by atoms with Gasteiger partial charge in [-0.15, -0.1) is 0 Å². The molecule has 9 heteroatoms. The van der Waals surface area contributed by atoms with Crippen LogP contribution in [-0.4, -0.2) is 43.3 Å². The number of carbonyl (C=O) groups is 1. The molecule has 1 fully saturated rings. The highest BCUT2D eigenvalue weighted by atomic mass is 32.2. The molecule has 2 aromatic carbocycles. The third-order valence-electron chi connectivity index (χ3n) is 5.33. The fourth-order valence-electron chi connectivity index (χ4n) is 3.70. The molecule has 2 aliphatic heterocycles. The maximum atomic E-state index is 14.6. The van der Waals surface area contributed by atoms with Crippen LogP contribution in [0.3, 0.4) is 0 Å². The van der Waals surface area contributed by atoms with Crippen LogP contribution in [0.2, 0.25) is 0 Å².